The molecule has 1 aliphatic heterocycles. The lowest BCUT2D eigenvalue weighted by Crippen LogP contribution is -2.25. The molecule has 0 N–H and O–H groups in total. The first-order valence-corrected chi connectivity index (χ1v) is 6.47. The quantitative estimate of drug-likeness (QED) is 0.730. The molecule has 1 aromatic carbocycles. The Morgan fingerprint density at radius 1 is 1.12 bits per heavy atom. The summed E-state index contributed by atoms with van der Waals surface area (Å²) in [5.41, 5.74) is 2.63. The van der Waals surface area contributed by atoms with Gasteiger partial charge >= 0.3 is 5.90 Å². The topological polar surface area (TPSA) is 12.2 Å². The fourth-order valence-electron chi connectivity index (χ4n) is 2.35. The van der Waals surface area contributed by atoms with E-state index in [2.05, 4.69) is 56.5 Å². The van der Waals surface area contributed by atoms with E-state index in [9.17, 15) is 0 Å². The van der Waals surface area contributed by atoms with Crippen molar-refractivity contribution in [2.75, 3.05) is 13.2 Å². The second-order valence-electron chi connectivity index (χ2n) is 5.18. The molecular weight excluding hydrogens is 210 g/mol. The lowest BCUT2D eigenvalue weighted by molar-refractivity contribution is -0.549. The van der Waals surface area contributed by atoms with Crippen molar-refractivity contribution in [3.05, 3.63) is 35.4 Å². The molecule has 0 amide bonds. The molecule has 17 heavy (non-hydrogen) atoms. The summed E-state index contributed by atoms with van der Waals surface area (Å²) in [6, 6.07) is 9.06. The van der Waals surface area contributed by atoms with E-state index in [4.69, 9.17) is 4.74 Å². The van der Waals surface area contributed by atoms with Gasteiger partial charge < -0.3 is 4.74 Å². The molecular formula is C15H22NO+. The van der Waals surface area contributed by atoms with Crippen LogP contribution in [0, 0.1) is 0 Å². The Morgan fingerprint density at radius 2 is 1.82 bits per heavy atom. The minimum Gasteiger partial charge on any atom is -0.438 e. The van der Waals surface area contributed by atoms with Crippen molar-refractivity contribution < 1.29 is 9.31 Å². The third-order valence-electron chi connectivity index (χ3n) is 3.27. The van der Waals surface area contributed by atoms with Gasteiger partial charge in [0.15, 0.2) is 19.2 Å². The Hall–Kier alpha value is -1.31. The molecule has 2 rings (SSSR count). The normalized spacial score (nSPS) is 15.9. The maximum Gasteiger partial charge on any atom is 0.370 e. The van der Waals surface area contributed by atoms with Crippen LogP contribution in [0.15, 0.2) is 24.3 Å². The Balaban J connectivity index is 2.50. The van der Waals surface area contributed by atoms with E-state index in [0.29, 0.717) is 12.0 Å². The van der Waals surface area contributed by atoms with Crippen molar-refractivity contribution in [1.82, 2.24) is 0 Å². The molecule has 0 spiro atoms. The van der Waals surface area contributed by atoms with Crippen LogP contribution in [0.4, 0.5) is 0 Å². The third-order valence-corrected chi connectivity index (χ3v) is 3.27. The summed E-state index contributed by atoms with van der Waals surface area (Å²) in [5, 5.41) is 0. The molecule has 1 heterocycles. The number of ether oxygens (including phenoxy) is 1. The van der Waals surface area contributed by atoms with Crippen molar-refractivity contribution in [2.45, 2.75) is 39.7 Å². The minimum absolute atomic E-state index is 0.493. The molecule has 0 bridgehead atoms. The number of hydrogen-bond donors (Lipinski definition) is 0. The van der Waals surface area contributed by atoms with Gasteiger partial charge in [-0.05, 0) is 31.4 Å². The number of benzene rings is 1. The van der Waals surface area contributed by atoms with E-state index in [1.54, 1.807) is 0 Å². The standard InChI is InChI=1S/C15H22NO/c1-11(2)13-7-5-6-8-14(13)15-16(12(3)4)9-10-17-15/h5-8,11-12H,9-10H2,1-4H3/q+1. The molecule has 0 atom stereocenters. The Morgan fingerprint density at radius 3 is 2.47 bits per heavy atom. The first-order valence-electron chi connectivity index (χ1n) is 6.47. The molecule has 0 saturated carbocycles. The molecule has 0 aliphatic carbocycles. The second kappa shape index (κ2) is 4.91. The van der Waals surface area contributed by atoms with Gasteiger partial charge in [-0.1, -0.05) is 32.0 Å². The lowest BCUT2D eigenvalue weighted by atomic mass is 9.97. The third kappa shape index (κ3) is 2.36. The van der Waals surface area contributed by atoms with Crippen molar-refractivity contribution >= 4 is 5.90 Å². The molecule has 0 saturated heterocycles. The first-order chi connectivity index (χ1) is 8.11. The molecule has 0 radical (unpaired) electrons. The molecule has 2 heteroatoms. The molecule has 0 unspecified atom stereocenters. The van der Waals surface area contributed by atoms with Gasteiger partial charge in [-0.3, -0.25) is 0 Å². The van der Waals surface area contributed by atoms with Crippen LogP contribution in [0.2, 0.25) is 0 Å². The zero-order valence-corrected chi connectivity index (χ0v) is 11.2. The summed E-state index contributed by atoms with van der Waals surface area (Å²) >= 11 is 0. The maximum atomic E-state index is 5.85. The number of hydrogen-bond acceptors (Lipinski definition) is 1. The van der Waals surface area contributed by atoms with E-state index < -0.39 is 0 Å². The van der Waals surface area contributed by atoms with Crippen LogP contribution in [-0.4, -0.2) is 29.7 Å². The fourth-order valence-corrected chi connectivity index (χ4v) is 2.35. The van der Waals surface area contributed by atoms with E-state index in [0.717, 1.165) is 19.0 Å². The van der Waals surface area contributed by atoms with E-state index in [1.807, 2.05) is 0 Å². The molecule has 0 aromatic heterocycles. The van der Waals surface area contributed by atoms with E-state index in [-0.39, 0.29) is 0 Å². The minimum atomic E-state index is 0.493. The van der Waals surface area contributed by atoms with Crippen LogP contribution >= 0.6 is 0 Å². The molecule has 1 aliphatic rings. The van der Waals surface area contributed by atoms with Crippen LogP contribution in [0.5, 0.6) is 0 Å². The fraction of sp³-hybridized carbons (Fsp3) is 0.533. The first kappa shape index (κ1) is 12.2. The van der Waals surface area contributed by atoms with Crippen molar-refractivity contribution in [3.63, 3.8) is 0 Å². The summed E-state index contributed by atoms with van der Waals surface area (Å²) in [7, 11) is 0. The van der Waals surface area contributed by atoms with Gasteiger partial charge in [0.05, 0.1) is 5.56 Å². The van der Waals surface area contributed by atoms with Crippen LogP contribution in [0.25, 0.3) is 0 Å². The van der Waals surface area contributed by atoms with Crippen LogP contribution in [0.1, 0.15) is 44.7 Å². The predicted octanol–water partition coefficient (Wildman–Crippen LogP) is 3.01. The van der Waals surface area contributed by atoms with Crippen molar-refractivity contribution in [3.8, 4) is 0 Å². The van der Waals surface area contributed by atoms with Gasteiger partial charge in [0.25, 0.3) is 0 Å². The van der Waals surface area contributed by atoms with Gasteiger partial charge in [0.2, 0.25) is 0 Å². The van der Waals surface area contributed by atoms with Gasteiger partial charge in [-0.2, -0.15) is 4.58 Å². The van der Waals surface area contributed by atoms with Gasteiger partial charge in [0, 0.05) is 0 Å². The summed E-state index contributed by atoms with van der Waals surface area (Å²) in [5.74, 6) is 1.58. The predicted molar refractivity (Wildman–Crippen MR) is 70.9 cm³/mol. The van der Waals surface area contributed by atoms with Crippen LogP contribution in [-0.2, 0) is 4.74 Å². The SMILES string of the molecule is CC(C)c1ccccc1C1=[N+](C(C)C)CCO1. The maximum absolute atomic E-state index is 5.85. The Kier molecular flexibility index (Phi) is 3.51. The average Bonchev–Trinajstić information content (AvgIpc) is 2.77. The van der Waals surface area contributed by atoms with E-state index in [1.165, 1.54) is 11.1 Å². The second-order valence-corrected chi connectivity index (χ2v) is 5.18. The van der Waals surface area contributed by atoms with Crippen LogP contribution in [0.3, 0.4) is 0 Å². The average molecular weight is 232 g/mol. The van der Waals surface area contributed by atoms with Crippen molar-refractivity contribution in [2.24, 2.45) is 0 Å². The monoisotopic (exact) mass is 232 g/mol. The summed E-state index contributed by atoms with van der Waals surface area (Å²) in [4.78, 5) is 0. The van der Waals surface area contributed by atoms with Crippen LogP contribution < -0.4 is 0 Å². The Labute approximate surface area is 104 Å². The summed E-state index contributed by atoms with van der Waals surface area (Å²) in [6.45, 7) is 10.7. The molecule has 2 nitrogen and oxygen atoms in total. The van der Waals surface area contributed by atoms with Crippen molar-refractivity contribution in [1.29, 1.82) is 0 Å². The zero-order chi connectivity index (χ0) is 12.4. The zero-order valence-electron chi connectivity index (χ0n) is 11.2. The molecule has 0 fully saturated rings. The van der Waals surface area contributed by atoms with Gasteiger partial charge in [-0.15, -0.1) is 0 Å². The number of nitrogens with zero attached hydrogens (tertiary/aromatic N) is 1. The highest BCUT2D eigenvalue weighted by atomic mass is 16.5. The highest BCUT2D eigenvalue weighted by Crippen LogP contribution is 2.21. The summed E-state index contributed by atoms with van der Waals surface area (Å²) in [6.07, 6.45) is 0. The highest BCUT2D eigenvalue weighted by Gasteiger charge is 2.29. The Bertz CT molecular complexity index is 432. The molecule has 92 valence electrons. The smallest absolute Gasteiger partial charge is 0.370 e. The van der Waals surface area contributed by atoms with E-state index >= 15 is 0 Å². The molecule has 1 aromatic rings. The van der Waals surface area contributed by atoms with Gasteiger partial charge in [-0.25, -0.2) is 0 Å². The summed E-state index contributed by atoms with van der Waals surface area (Å²) < 4.78 is 8.19. The highest BCUT2D eigenvalue weighted by molar-refractivity contribution is 5.92. The number of rotatable bonds is 3. The van der Waals surface area contributed by atoms with Gasteiger partial charge in [0.1, 0.15) is 0 Å². The largest absolute Gasteiger partial charge is 0.438 e. The lowest BCUT2D eigenvalue weighted by Gasteiger charge is -2.11.